The molecule has 5 heteroatoms. The van der Waals surface area contributed by atoms with E-state index in [1.54, 1.807) is 6.26 Å². The van der Waals surface area contributed by atoms with Crippen molar-refractivity contribution in [2.24, 2.45) is 0 Å². The van der Waals surface area contributed by atoms with Gasteiger partial charge in [0.15, 0.2) is 0 Å². The minimum Gasteiger partial charge on any atom is -0.324 e. The molecule has 0 bridgehead atoms. The van der Waals surface area contributed by atoms with Gasteiger partial charge >= 0.3 is 0 Å². The second-order valence-electron chi connectivity index (χ2n) is 4.45. The average molecular weight is 282 g/mol. The molecule has 0 saturated heterocycles. The number of carbonyl (C=O) groups excluding carboxylic acids is 1. The molecule has 0 aliphatic carbocycles. The first-order valence-electron chi connectivity index (χ1n) is 6.46. The van der Waals surface area contributed by atoms with Crippen molar-refractivity contribution in [2.45, 2.75) is 26.3 Å². The zero-order valence-electron chi connectivity index (χ0n) is 11.7. The molecule has 4 nitrogen and oxygen atoms in total. The van der Waals surface area contributed by atoms with Gasteiger partial charge in [0.1, 0.15) is 0 Å². The Balaban J connectivity index is 2.51. The lowest BCUT2D eigenvalue weighted by molar-refractivity contribution is -0.117. The number of amides is 1. The lowest BCUT2D eigenvalue weighted by atomic mass is 10.1. The van der Waals surface area contributed by atoms with Crippen LogP contribution in [-0.4, -0.2) is 34.7 Å². The molecular weight excluding hydrogens is 260 g/mol. The summed E-state index contributed by atoms with van der Waals surface area (Å²) in [5.74, 6) is 0.492. The van der Waals surface area contributed by atoms with Crippen LogP contribution in [0.4, 0.5) is 5.69 Å². The van der Waals surface area contributed by atoms with Crippen molar-refractivity contribution in [3.05, 3.63) is 29.8 Å². The normalized spacial score (nSPS) is 13.8. The first kappa shape index (κ1) is 15.9. The van der Waals surface area contributed by atoms with Crippen LogP contribution in [0.5, 0.6) is 0 Å². The summed E-state index contributed by atoms with van der Waals surface area (Å²) in [6.07, 6.45) is 2.54. The standard InChI is InChI=1S/C14H22N2O2S/c1-4-12-7-5-6-8-13(12)16-14(17)11(2)15-9-10-19(3)18/h5-8,11,15H,4,9-10H2,1-3H3,(H,16,17). The smallest absolute Gasteiger partial charge is 0.241 e. The molecule has 0 fully saturated rings. The number of hydrogen-bond acceptors (Lipinski definition) is 3. The molecule has 1 amide bonds. The van der Waals surface area contributed by atoms with Gasteiger partial charge in [0.05, 0.1) is 6.04 Å². The molecular formula is C14H22N2O2S. The van der Waals surface area contributed by atoms with Crippen LogP contribution in [0.3, 0.4) is 0 Å². The maximum absolute atomic E-state index is 12.0. The Morgan fingerprint density at radius 1 is 1.37 bits per heavy atom. The number of benzene rings is 1. The Labute approximate surface area is 117 Å². The summed E-state index contributed by atoms with van der Waals surface area (Å²) in [5, 5.41) is 5.99. The van der Waals surface area contributed by atoms with Crippen molar-refractivity contribution < 1.29 is 9.00 Å². The zero-order valence-corrected chi connectivity index (χ0v) is 12.5. The molecule has 0 heterocycles. The highest BCUT2D eigenvalue weighted by molar-refractivity contribution is 7.84. The van der Waals surface area contributed by atoms with Gasteiger partial charge in [-0.15, -0.1) is 0 Å². The van der Waals surface area contributed by atoms with E-state index in [9.17, 15) is 9.00 Å². The van der Waals surface area contributed by atoms with E-state index in [1.807, 2.05) is 31.2 Å². The van der Waals surface area contributed by atoms with Gasteiger partial charge in [0.2, 0.25) is 5.91 Å². The minimum absolute atomic E-state index is 0.0669. The molecule has 106 valence electrons. The van der Waals surface area contributed by atoms with Gasteiger partial charge in [-0.05, 0) is 25.0 Å². The number of para-hydroxylation sites is 1. The summed E-state index contributed by atoms with van der Waals surface area (Å²) in [6, 6.07) is 7.49. The predicted octanol–water partition coefficient (Wildman–Crippen LogP) is 1.54. The van der Waals surface area contributed by atoms with E-state index < -0.39 is 10.8 Å². The number of rotatable bonds is 7. The van der Waals surface area contributed by atoms with Crippen molar-refractivity contribution in [3.63, 3.8) is 0 Å². The number of nitrogens with one attached hydrogen (secondary N) is 2. The fourth-order valence-corrected chi connectivity index (χ4v) is 2.11. The van der Waals surface area contributed by atoms with E-state index >= 15 is 0 Å². The van der Waals surface area contributed by atoms with Gasteiger partial charge in [-0.1, -0.05) is 25.1 Å². The molecule has 2 N–H and O–H groups in total. The van der Waals surface area contributed by atoms with Crippen molar-refractivity contribution in [2.75, 3.05) is 23.9 Å². The lowest BCUT2D eigenvalue weighted by Gasteiger charge is -2.15. The van der Waals surface area contributed by atoms with E-state index in [4.69, 9.17) is 0 Å². The van der Waals surface area contributed by atoms with E-state index in [0.29, 0.717) is 12.3 Å². The van der Waals surface area contributed by atoms with Crippen LogP contribution in [-0.2, 0) is 22.0 Å². The van der Waals surface area contributed by atoms with Crippen molar-refractivity contribution in [1.29, 1.82) is 0 Å². The molecule has 19 heavy (non-hydrogen) atoms. The Kier molecular flexibility index (Phi) is 6.73. The molecule has 0 aliphatic rings. The molecule has 2 atom stereocenters. The summed E-state index contributed by atoms with van der Waals surface area (Å²) < 4.78 is 10.9. The van der Waals surface area contributed by atoms with Gasteiger partial charge in [0.25, 0.3) is 0 Å². The van der Waals surface area contributed by atoms with Gasteiger partial charge in [-0.25, -0.2) is 0 Å². The first-order valence-corrected chi connectivity index (χ1v) is 8.19. The summed E-state index contributed by atoms with van der Waals surface area (Å²) in [7, 11) is -0.832. The minimum atomic E-state index is -0.832. The van der Waals surface area contributed by atoms with E-state index in [2.05, 4.69) is 17.6 Å². The number of hydrogen-bond donors (Lipinski definition) is 2. The Hall–Kier alpha value is -1.20. The molecule has 1 rings (SSSR count). The number of carbonyl (C=O) groups is 1. The number of aryl methyl sites for hydroxylation is 1. The second kappa shape index (κ2) is 8.07. The molecule has 0 spiro atoms. The van der Waals surface area contributed by atoms with Crippen LogP contribution < -0.4 is 10.6 Å². The van der Waals surface area contributed by atoms with Crippen LogP contribution in [0, 0.1) is 0 Å². The summed E-state index contributed by atoms with van der Waals surface area (Å²) in [5.41, 5.74) is 1.99. The average Bonchev–Trinajstić information content (AvgIpc) is 2.38. The fraction of sp³-hybridized carbons (Fsp3) is 0.500. The third kappa shape index (κ3) is 5.53. The summed E-state index contributed by atoms with van der Waals surface area (Å²) >= 11 is 0. The quantitative estimate of drug-likeness (QED) is 0.797. The van der Waals surface area contributed by atoms with E-state index in [1.165, 1.54) is 0 Å². The maximum Gasteiger partial charge on any atom is 0.241 e. The Bertz CT molecular complexity index is 449. The van der Waals surface area contributed by atoms with Gasteiger partial charge in [-0.3, -0.25) is 9.00 Å². The van der Waals surface area contributed by atoms with Crippen molar-refractivity contribution >= 4 is 22.4 Å². The molecule has 2 unspecified atom stereocenters. The highest BCUT2D eigenvalue weighted by Crippen LogP contribution is 2.15. The highest BCUT2D eigenvalue weighted by Gasteiger charge is 2.13. The topological polar surface area (TPSA) is 58.2 Å². The lowest BCUT2D eigenvalue weighted by Crippen LogP contribution is -2.39. The third-order valence-electron chi connectivity index (χ3n) is 2.89. The van der Waals surface area contributed by atoms with Gasteiger partial charge in [-0.2, -0.15) is 0 Å². The van der Waals surface area contributed by atoms with Crippen LogP contribution in [0.15, 0.2) is 24.3 Å². The molecule has 1 aromatic rings. The largest absolute Gasteiger partial charge is 0.324 e. The Morgan fingerprint density at radius 2 is 2.05 bits per heavy atom. The van der Waals surface area contributed by atoms with Gasteiger partial charge in [0, 0.05) is 35.0 Å². The highest BCUT2D eigenvalue weighted by atomic mass is 32.2. The molecule has 0 radical (unpaired) electrons. The second-order valence-corrected chi connectivity index (χ2v) is 6.01. The first-order chi connectivity index (χ1) is 9.04. The summed E-state index contributed by atoms with van der Waals surface area (Å²) in [4.78, 5) is 12.0. The van der Waals surface area contributed by atoms with Crippen LogP contribution in [0.2, 0.25) is 0 Å². The third-order valence-corrected chi connectivity index (χ3v) is 3.67. The fourth-order valence-electron chi connectivity index (χ4n) is 1.70. The molecule has 0 saturated carbocycles. The predicted molar refractivity (Wildman–Crippen MR) is 80.8 cm³/mol. The van der Waals surface area contributed by atoms with E-state index in [0.717, 1.165) is 17.7 Å². The van der Waals surface area contributed by atoms with Gasteiger partial charge < -0.3 is 10.6 Å². The van der Waals surface area contributed by atoms with Crippen LogP contribution in [0.25, 0.3) is 0 Å². The van der Waals surface area contributed by atoms with Crippen molar-refractivity contribution in [3.8, 4) is 0 Å². The van der Waals surface area contributed by atoms with Crippen molar-refractivity contribution in [1.82, 2.24) is 5.32 Å². The van der Waals surface area contributed by atoms with E-state index in [-0.39, 0.29) is 11.9 Å². The zero-order chi connectivity index (χ0) is 14.3. The van der Waals surface area contributed by atoms with Crippen LogP contribution in [0.1, 0.15) is 19.4 Å². The Morgan fingerprint density at radius 3 is 2.68 bits per heavy atom. The number of anilines is 1. The molecule has 1 aromatic carbocycles. The monoisotopic (exact) mass is 282 g/mol. The molecule has 0 aromatic heterocycles. The van der Waals surface area contributed by atoms with Crippen LogP contribution >= 0.6 is 0 Å². The SMILES string of the molecule is CCc1ccccc1NC(=O)C(C)NCCS(C)=O. The summed E-state index contributed by atoms with van der Waals surface area (Å²) in [6.45, 7) is 4.44. The molecule has 0 aliphatic heterocycles. The maximum atomic E-state index is 12.0.